The summed E-state index contributed by atoms with van der Waals surface area (Å²) in [5.74, 6) is 0. The second kappa shape index (κ2) is 6.21. The Balaban J connectivity index is 0.000000112. The minimum Gasteiger partial charge on any atom is -0.314 e. The standard InChI is InChI=1S/C4H10N2.C2H2N2S/c1-2-6-4-3-5-1;1-2-5-4-3-1/h5-6H,1-4H2;1-2H. The maximum Gasteiger partial charge on any atom is 0.0620 e. The van der Waals surface area contributed by atoms with Crippen molar-refractivity contribution in [3.8, 4) is 0 Å². The van der Waals surface area contributed by atoms with E-state index in [2.05, 4.69) is 20.2 Å². The van der Waals surface area contributed by atoms with E-state index in [9.17, 15) is 0 Å². The van der Waals surface area contributed by atoms with Crippen molar-refractivity contribution in [1.29, 1.82) is 0 Å². The molecule has 0 radical (unpaired) electrons. The van der Waals surface area contributed by atoms with Gasteiger partial charge in [0.1, 0.15) is 0 Å². The highest BCUT2D eigenvalue weighted by Gasteiger charge is 1.91. The molecular weight excluding hydrogens is 160 g/mol. The van der Waals surface area contributed by atoms with E-state index >= 15 is 0 Å². The highest BCUT2D eigenvalue weighted by Crippen LogP contribution is 1.78. The number of hydrogen-bond donors (Lipinski definition) is 2. The summed E-state index contributed by atoms with van der Waals surface area (Å²) in [6.07, 6.45) is 1.66. The Hall–Kier alpha value is -0.520. The third-order valence-corrected chi connectivity index (χ3v) is 1.67. The molecule has 2 heterocycles. The van der Waals surface area contributed by atoms with Crippen molar-refractivity contribution in [2.75, 3.05) is 26.2 Å². The average Bonchev–Trinajstić information content (AvgIpc) is 2.64. The van der Waals surface area contributed by atoms with Crippen LogP contribution in [0.4, 0.5) is 0 Å². The van der Waals surface area contributed by atoms with Crippen molar-refractivity contribution >= 4 is 11.5 Å². The summed E-state index contributed by atoms with van der Waals surface area (Å²) in [6.45, 7) is 4.56. The lowest BCUT2D eigenvalue weighted by Crippen LogP contribution is -2.39. The van der Waals surface area contributed by atoms with Gasteiger partial charge in [0, 0.05) is 31.6 Å². The fraction of sp³-hybridized carbons (Fsp3) is 0.667. The maximum atomic E-state index is 3.51. The van der Waals surface area contributed by atoms with E-state index in [0.717, 1.165) is 26.2 Å². The lowest BCUT2D eigenvalue weighted by atomic mass is 10.4. The molecule has 0 bridgehead atoms. The van der Waals surface area contributed by atoms with Crippen molar-refractivity contribution in [3.63, 3.8) is 0 Å². The van der Waals surface area contributed by atoms with Crippen LogP contribution in [0.2, 0.25) is 0 Å². The van der Waals surface area contributed by atoms with E-state index in [1.54, 1.807) is 6.20 Å². The fourth-order valence-electron chi connectivity index (χ4n) is 0.740. The summed E-state index contributed by atoms with van der Waals surface area (Å²) in [5.41, 5.74) is 0. The number of aromatic nitrogens is 2. The first kappa shape index (κ1) is 8.58. The molecule has 1 fully saturated rings. The van der Waals surface area contributed by atoms with Crippen molar-refractivity contribution in [1.82, 2.24) is 20.2 Å². The smallest absolute Gasteiger partial charge is 0.0620 e. The van der Waals surface area contributed by atoms with Gasteiger partial charge in [-0.3, -0.25) is 0 Å². The van der Waals surface area contributed by atoms with Crippen molar-refractivity contribution in [3.05, 3.63) is 11.6 Å². The third-order valence-electron chi connectivity index (χ3n) is 1.24. The highest BCUT2D eigenvalue weighted by molar-refractivity contribution is 7.03. The fourth-order valence-corrected chi connectivity index (χ4v) is 1.01. The van der Waals surface area contributed by atoms with E-state index in [0.29, 0.717) is 0 Å². The molecule has 0 aliphatic carbocycles. The molecule has 1 saturated heterocycles. The van der Waals surface area contributed by atoms with Gasteiger partial charge in [-0.25, -0.2) is 0 Å². The molecule has 1 aliphatic rings. The minimum absolute atomic E-state index is 1.14. The quantitative estimate of drug-likeness (QED) is 0.565. The van der Waals surface area contributed by atoms with Gasteiger partial charge in [-0.2, -0.15) is 0 Å². The third kappa shape index (κ3) is 4.83. The summed E-state index contributed by atoms with van der Waals surface area (Å²) in [7, 11) is 0. The first-order valence-corrected chi connectivity index (χ1v) is 4.46. The van der Waals surface area contributed by atoms with Gasteiger partial charge in [-0.15, -0.1) is 5.10 Å². The lowest BCUT2D eigenvalue weighted by Gasteiger charge is -2.11. The molecule has 0 atom stereocenters. The number of nitrogens with one attached hydrogen (secondary N) is 2. The Morgan fingerprint density at radius 1 is 1.09 bits per heavy atom. The molecule has 11 heavy (non-hydrogen) atoms. The zero-order valence-corrected chi connectivity index (χ0v) is 7.10. The van der Waals surface area contributed by atoms with Crippen LogP contribution in [0, 0.1) is 0 Å². The molecule has 5 heteroatoms. The Morgan fingerprint density at radius 3 is 1.91 bits per heavy atom. The first-order chi connectivity index (χ1) is 5.50. The van der Waals surface area contributed by atoms with Crippen molar-refractivity contribution in [2.24, 2.45) is 0 Å². The molecular formula is C6H12N4S. The van der Waals surface area contributed by atoms with Crippen molar-refractivity contribution in [2.45, 2.75) is 0 Å². The largest absolute Gasteiger partial charge is 0.314 e. The van der Waals surface area contributed by atoms with Gasteiger partial charge in [0.05, 0.1) is 6.20 Å². The molecule has 4 nitrogen and oxygen atoms in total. The molecule has 0 spiro atoms. The van der Waals surface area contributed by atoms with Crippen LogP contribution in [-0.4, -0.2) is 35.8 Å². The monoisotopic (exact) mass is 172 g/mol. The van der Waals surface area contributed by atoms with Crippen LogP contribution in [0.15, 0.2) is 11.6 Å². The Bertz CT molecular complexity index is 121. The number of piperazine rings is 1. The van der Waals surface area contributed by atoms with Gasteiger partial charge in [0.25, 0.3) is 0 Å². The predicted molar refractivity (Wildman–Crippen MR) is 45.6 cm³/mol. The summed E-state index contributed by atoms with van der Waals surface area (Å²) in [6, 6.07) is 0. The summed E-state index contributed by atoms with van der Waals surface area (Å²) < 4.78 is 3.51. The topological polar surface area (TPSA) is 49.8 Å². The highest BCUT2D eigenvalue weighted by atomic mass is 32.1. The molecule has 1 aliphatic heterocycles. The maximum absolute atomic E-state index is 3.51. The Kier molecular flexibility index (Phi) is 4.84. The Morgan fingerprint density at radius 2 is 1.73 bits per heavy atom. The predicted octanol–water partition coefficient (Wildman–Crippen LogP) is -0.283. The van der Waals surface area contributed by atoms with Gasteiger partial charge < -0.3 is 10.6 Å². The van der Waals surface area contributed by atoms with Crippen LogP contribution < -0.4 is 10.6 Å². The van der Waals surface area contributed by atoms with Gasteiger partial charge >= 0.3 is 0 Å². The molecule has 1 aromatic heterocycles. The number of rotatable bonds is 0. The molecule has 62 valence electrons. The van der Waals surface area contributed by atoms with Crippen LogP contribution in [0.1, 0.15) is 0 Å². The van der Waals surface area contributed by atoms with E-state index in [4.69, 9.17) is 0 Å². The van der Waals surface area contributed by atoms with Crippen LogP contribution in [0.3, 0.4) is 0 Å². The summed E-state index contributed by atoms with van der Waals surface area (Å²) in [4.78, 5) is 0. The van der Waals surface area contributed by atoms with E-state index < -0.39 is 0 Å². The van der Waals surface area contributed by atoms with Crippen LogP contribution >= 0.6 is 11.5 Å². The lowest BCUT2D eigenvalue weighted by molar-refractivity contribution is 0.534. The van der Waals surface area contributed by atoms with Crippen LogP contribution in [-0.2, 0) is 0 Å². The van der Waals surface area contributed by atoms with E-state index in [1.165, 1.54) is 11.5 Å². The molecule has 2 rings (SSSR count). The minimum atomic E-state index is 1.14. The number of hydrogen-bond acceptors (Lipinski definition) is 5. The first-order valence-electron chi connectivity index (χ1n) is 3.62. The summed E-state index contributed by atoms with van der Waals surface area (Å²) >= 11 is 1.35. The molecule has 0 unspecified atom stereocenters. The Labute approximate surface area is 70.2 Å². The number of nitrogens with zero attached hydrogens (tertiary/aromatic N) is 2. The van der Waals surface area contributed by atoms with Crippen LogP contribution in [0.25, 0.3) is 0 Å². The van der Waals surface area contributed by atoms with Gasteiger partial charge in [-0.05, 0) is 11.5 Å². The van der Waals surface area contributed by atoms with E-state index in [-0.39, 0.29) is 0 Å². The zero-order valence-electron chi connectivity index (χ0n) is 6.29. The van der Waals surface area contributed by atoms with Gasteiger partial charge in [0.15, 0.2) is 0 Å². The zero-order chi connectivity index (χ0) is 7.78. The molecule has 0 aromatic carbocycles. The SMILES string of the molecule is C1CNCCN1.c1csnn1. The second-order valence-electron chi connectivity index (χ2n) is 2.09. The van der Waals surface area contributed by atoms with Gasteiger partial charge in [-0.1, -0.05) is 4.49 Å². The second-order valence-corrected chi connectivity index (χ2v) is 2.73. The molecule has 0 amide bonds. The van der Waals surface area contributed by atoms with Gasteiger partial charge in [0.2, 0.25) is 0 Å². The molecule has 0 saturated carbocycles. The van der Waals surface area contributed by atoms with Crippen LogP contribution in [0.5, 0.6) is 0 Å². The summed E-state index contributed by atoms with van der Waals surface area (Å²) in [5, 5.41) is 11.8. The average molecular weight is 172 g/mol. The normalized spacial score (nSPS) is 16.7. The van der Waals surface area contributed by atoms with E-state index in [1.807, 2.05) is 5.38 Å². The molecule has 1 aromatic rings. The van der Waals surface area contributed by atoms with Crippen molar-refractivity contribution < 1.29 is 0 Å². The molecule has 2 N–H and O–H groups in total.